The third-order valence-electron chi connectivity index (χ3n) is 5.41. The monoisotopic (exact) mass is 449 g/mol. The van der Waals surface area contributed by atoms with Gasteiger partial charge in [-0.2, -0.15) is 0 Å². The van der Waals surface area contributed by atoms with Crippen LogP contribution in [0.5, 0.6) is 5.75 Å². The number of rotatable bonds is 5. The molecule has 3 aromatic heterocycles. The highest BCUT2D eigenvalue weighted by molar-refractivity contribution is 6.32. The number of imidazole rings is 1. The Morgan fingerprint density at radius 1 is 1.12 bits per heavy atom. The number of nitrogens with two attached hydrogens (primary N) is 1. The van der Waals surface area contributed by atoms with Crippen molar-refractivity contribution in [3.63, 3.8) is 0 Å². The lowest BCUT2D eigenvalue weighted by Crippen LogP contribution is -2.40. The minimum atomic E-state index is 0.395. The number of benzene rings is 1. The van der Waals surface area contributed by atoms with E-state index in [0.717, 1.165) is 43.2 Å². The number of fused-ring (bicyclic) bond motifs is 1. The van der Waals surface area contributed by atoms with Gasteiger partial charge in [-0.25, -0.2) is 20.3 Å². The van der Waals surface area contributed by atoms with E-state index in [-0.39, 0.29) is 0 Å². The van der Waals surface area contributed by atoms with Crippen LogP contribution in [0.25, 0.3) is 17.0 Å². The summed E-state index contributed by atoms with van der Waals surface area (Å²) in [5, 5.41) is 8.06. The van der Waals surface area contributed by atoms with E-state index >= 15 is 0 Å². The molecule has 0 unspecified atom stereocenters. The van der Waals surface area contributed by atoms with Crippen LogP contribution in [-0.2, 0) is 0 Å². The number of methoxy groups -OCH3 is 1. The highest BCUT2D eigenvalue weighted by Crippen LogP contribution is 2.33. The van der Waals surface area contributed by atoms with Gasteiger partial charge in [-0.1, -0.05) is 11.6 Å². The molecule has 0 saturated carbocycles. The smallest absolute Gasteiger partial charge is 0.227 e. The van der Waals surface area contributed by atoms with Crippen molar-refractivity contribution in [2.24, 2.45) is 0 Å². The largest absolute Gasteiger partial charge is 0.494 e. The van der Waals surface area contributed by atoms with E-state index in [1.807, 2.05) is 28.8 Å². The highest BCUT2D eigenvalue weighted by Gasteiger charge is 2.17. The standard InChI is InChI=1S/C22H22ClN8O/c1-32-19-11-14(30-9-6-25-7-10-30)4-5-17(19)28-22-27-12-15(23)20(29-22)18-13-26-21-16(24)3-2-8-31(18)21/h2-5,8,11-13H,6-7,9-10,24H2,1H3,(H,27,28,29). The third kappa shape index (κ3) is 3.76. The number of ether oxygens (including phenoxy) is 1. The zero-order valence-electron chi connectivity index (χ0n) is 17.5. The Labute approximate surface area is 190 Å². The van der Waals surface area contributed by atoms with Crippen LogP contribution in [0.2, 0.25) is 5.02 Å². The summed E-state index contributed by atoms with van der Waals surface area (Å²) in [4.78, 5) is 15.7. The van der Waals surface area contributed by atoms with Crippen molar-refractivity contribution in [2.45, 2.75) is 0 Å². The van der Waals surface area contributed by atoms with Crippen LogP contribution in [0.4, 0.5) is 23.0 Å². The lowest BCUT2D eigenvalue weighted by atomic mass is 10.2. The first-order chi connectivity index (χ1) is 15.6. The second kappa shape index (κ2) is 8.52. The minimum Gasteiger partial charge on any atom is -0.494 e. The highest BCUT2D eigenvalue weighted by atomic mass is 35.5. The van der Waals surface area contributed by atoms with Gasteiger partial charge in [-0.3, -0.25) is 4.40 Å². The van der Waals surface area contributed by atoms with Gasteiger partial charge in [0.2, 0.25) is 5.95 Å². The molecule has 10 heteroatoms. The zero-order chi connectivity index (χ0) is 22.1. The molecule has 0 spiro atoms. The van der Waals surface area contributed by atoms with Gasteiger partial charge in [-0.15, -0.1) is 0 Å². The van der Waals surface area contributed by atoms with Crippen LogP contribution in [0.15, 0.2) is 48.9 Å². The molecule has 1 aromatic carbocycles. The van der Waals surface area contributed by atoms with Gasteiger partial charge in [0.05, 0.1) is 41.6 Å². The first-order valence-corrected chi connectivity index (χ1v) is 10.6. The second-order valence-corrected chi connectivity index (χ2v) is 7.77. The normalized spacial score (nSPS) is 14.0. The Morgan fingerprint density at radius 3 is 2.78 bits per heavy atom. The molecule has 0 bridgehead atoms. The molecule has 163 valence electrons. The molecule has 1 aliphatic heterocycles. The van der Waals surface area contributed by atoms with Gasteiger partial charge < -0.3 is 20.7 Å². The van der Waals surface area contributed by atoms with Gasteiger partial charge in [0, 0.05) is 44.1 Å². The molecule has 32 heavy (non-hydrogen) atoms. The van der Waals surface area contributed by atoms with Crippen LogP contribution < -0.4 is 26.0 Å². The fourth-order valence-corrected chi connectivity index (χ4v) is 3.97. The van der Waals surface area contributed by atoms with Gasteiger partial charge in [0.15, 0.2) is 5.65 Å². The molecule has 1 fully saturated rings. The van der Waals surface area contributed by atoms with Crippen LogP contribution in [-0.4, -0.2) is 52.6 Å². The van der Waals surface area contributed by atoms with Crippen LogP contribution in [0, 0.1) is 0 Å². The summed E-state index contributed by atoms with van der Waals surface area (Å²) < 4.78 is 7.48. The summed E-state index contributed by atoms with van der Waals surface area (Å²) in [6.45, 7) is 3.50. The molecule has 9 nitrogen and oxygen atoms in total. The summed E-state index contributed by atoms with van der Waals surface area (Å²) in [6, 6.07) is 9.68. The summed E-state index contributed by atoms with van der Waals surface area (Å²) in [6.07, 6.45) is 5.13. The molecule has 0 amide bonds. The maximum absolute atomic E-state index is 6.43. The number of hydrogen-bond donors (Lipinski definition) is 2. The lowest BCUT2D eigenvalue weighted by Gasteiger charge is -2.29. The maximum Gasteiger partial charge on any atom is 0.227 e. The summed E-state index contributed by atoms with van der Waals surface area (Å²) in [7, 11) is 1.65. The summed E-state index contributed by atoms with van der Waals surface area (Å²) >= 11 is 6.43. The Balaban J connectivity index is 1.47. The van der Waals surface area contributed by atoms with Gasteiger partial charge >= 0.3 is 0 Å². The maximum atomic E-state index is 6.43. The number of halogens is 1. The van der Waals surface area contributed by atoms with Crippen LogP contribution in [0.1, 0.15) is 0 Å². The molecule has 3 N–H and O–H groups in total. The molecule has 0 aliphatic carbocycles. The van der Waals surface area contributed by atoms with E-state index in [4.69, 9.17) is 22.1 Å². The average Bonchev–Trinajstić information content (AvgIpc) is 3.26. The predicted molar refractivity (Wildman–Crippen MR) is 126 cm³/mol. The molecule has 0 atom stereocenters. The summed E-state index contributed by atoms with van der Waals surface area (Å²) in [5.74, 6) is 1.10. The number of pyridine rings is 1. The number of piperazine rings is 1. The van der Waals surface area contributed by atoms with Crippen LogP contribution in [0.3, 0.4) is 0 Å². The van der Waals surface area contributed by atoms with Crippen molar-refractivity contribution < 1.29 is 4.74 Å². The van der Waals surface area contributed by atoms with Crippen molar-refractivity contribution >= 4 is 40.3 Å². The first kappa shape index (κ1) is 20.3. The molecule has 5 rings (SSSR count). The van der Waals surface area contributed by atoms with E-state index in [1.165, 1.54) is 0 Å². The van der Waals surface area contributed by atoms with E-state index < -0.39 is 0 Å². The quantitative estimate of drug-likeness (QED) is 0.481. The third-order valence-corrected chi connectivity index (χ3v) is 5.68. The topological polar surface area (TPSA) is 108 Å². The van der Waals surface area contributed by atoms with E-state index in [2.05, 4.69) is 36.6 Å². The lowest BCUT2D eigenvalue weighted by molar-refractivity contribution is 0.416. The fraction of sp³-hybridized carbons (Fsp3) is 0.227. The Bertz CT molecular complexity index is 1270. The molecule has 1 saturated heterocycles. The van der Waals surface area contributed by atoms with Crippen molar-refractivity contribution in [3.05, 3.63) is 53.9 Å². The molecular formula is C22H22ClN8O. The number of hydrogen-bond acceptors (Lipinski definition) is 7. The Hall–Kier alpha value is -3.56. The Morgan fingerprint density at radius 2 is 1.97 bits per heavy atom. The SMILES string of the molecule is COc1cc(N2CC[N]CC2)ccc1Nc1ncc(Cl)c(-c2cnc3c(N)cccn23)n1. The molecule has 1 aliphatic rings. The summed E-state index contributed by atoms with van der Waals surface area (Å²) in [5.41, 5.74) is 10.4. The molecule has 4 aromatic rings. The van der Waals surface area contributed by atoms with E-state index in [0.29, 0.717) is 33.7 Å². The zero-order valence-corrected chi connectivity index (χ0v) is 18.3. The van der Waals surface area contributed by atoms with E-state index in [9.17, 15) is 0 Å². The fourth-order valence-electron chi connectivity index (χ4n) is 3.78. The van der Waals surface area contributed by atoms with Gasteiger partial charge in [0.25, 0.3) is 0 Å². The number of aromatic nitrogens is 4. The first-order valence-electron chi connectivity index (χ1n) is 10.2. The number of nitrogens with one attached hydrogen (secondary N) is 1. The molecule has 4 heterocycles. The van der Waals surface area contributed by atoms with Crippen molar-refractivity contribution in [1.29, 1.82) is 0 Å². The van der Waals surface area contributed by atoms with Crippen molar-refractivity contribution in [2.75, 3.05) is 49.2 Å². The van der Waals surface area contributed by atoms with Crippen molar-refractivity contribution in [3.8, 4) is 17.1 Å². The van der Waals surface area contributed by atoms with Crippen LogP contribution >= 0.6 is 11.6 Å². The number of nitrogens with zero attached hydrogens (tertiary/aromatic N) is 6. The minimum absolute atomic E-state index is 0.395. The number of nitrogen functional groups attached to an aromatic ring is 1. The average molecular weight is 450 g/mol. The molecular weight excluding hydrogens is 428 g/mol. The number of anilines is 4. The van der Waals surface area contributed by atoms with Crippen molar-refractivity contribution in [1.82, 2.24) is 24.7 Å². The second-order valence-electron chi connectivity index (χ2n) is 7.36. The predicted octanol–water partition coefficient (Wildman–Crippen LogP) is 3.20. The van der Waals surface area contributed by atoms with Gasteiger partial charge in [-0.05, 0) is 24.3 Å². The Kier molecular flexibility index (Phi) is 5.42. The molecule has 1 radical (unpaired) electrons. The van der Waals surface area contributed by atoms with Gasteiger partial charge in [0.1, 0.15) is 11.4 Å². The van der Waals surface area contributed by atoms with E-state index in [1.54, 1.807) is 25.6 Å².